The normalized spacial score (nSPS) is 17.4. The molecular weight excluding hydrogens is 319 g/mol. The molecule has 6 heteroatoms. The van der Waals surface area contributed by atoms with Gasteiger partial charge >= 0.3 is 0 Å². The lowest BCUT2D eigenvalue weighted by Gasteiger charge is -2.36. The summed E-state index contributed by atoms with van der Waals surface area (Å²) in [5, 5.41) is 7.07. The standard InChI is InChI=1S/C19H25FN4O/c1-14(19(25)23(2)13-15-4-3-5-17(20)12-15)24-10-7-16(8-11-24)18-6-9-21-22-18/h3-6,9,12,14,16H,7-8,10-11,13H2,1-2H3,(H,21,22)/t14-/m0/s1. The van der Waals surface area contributed by atoms with Gasteiger partial charge in [-0.25, -0.2) is 4.39 Å². The number of aromatic amines is 1. The summed E-state index contributed by atoms with van der Waals surface area (Å²) >= 11 is 0. The molecular formula is C19H25FN4O. The number of nitrogens with zero attached hydrogens (tertiary/aromatic N) is 3. The van der Waals surface area contributed by atoms with E-state index in [1.165, 1.54) is 17.8 Å². The summed E-state index contributed by atoms with van der Waals surface area (Å²) < 4.78 is 13.3. The van der Waals surface area contributed by atoms with Crippen LogP contribution in [0.4, 0.5) is 4.39 Å². The van der Waals surface area contributed by atoms with Crippen molar-refractivity contribution in [2.75, 3.05) is 20.1 Å². The number of likely N-dealkylation sites (N-methyl/N-ethyl adjacent to an activating group) is 1. The van der Waals surface area contributed by atoms with Crippen molar-refractivity contribution in [2.45, 2.75) is 38.3 Å². The Morgan fingerprint density at radius 3 is 2.80 bits per heavy atom. The summed E-state index contributed by atoms with van der Waals surface area (Å²) in [7, 11) is 1.78. The number of aromatic nitrogens is 2. The van der Waals surface area contributed by atoms with E-state index < -0.39 is 0 Å². The number of halogens is 1. The number of piperidine rings is 1. The summed E-state index contributed by atoms with van der Waals surface area (Å²) in [6.45, 7) is 4.17. The Labute approximate surface area is 147 Å². The van der Waals surface area contributed by atoms with E-state index in [1.54, 1.807) is 24.2 Å². The second-order valence-corrected chi connectivity index (χ2v) is 6.82. The predicted molar refractivity (Wildman–Crippen MR) is 94.5 cm³/mol. The summed E-state index contributed by atoms with van der Waals surface area (Å²) in [6.07, 6.45) is 3.83. The van der Waals surface area contributed by atoms with Gasteiger partial charge in [0.2, 0.25) is 5.91 Å². The molecule has 0 spiro atoms. The van der Waals surface area contributed by atoms with Crippen LogP contribution in [0.15, 0.2) is 36.5 Å². The van der Waals surface area contributed by atoms with Crippen LogP contribution in [0.1, 0.15) is 36.9 Å². The molecule has 1 fully saturated rings. The van der Waals surface area contributed by atoms with Crippen molar-refractivity contribution in [1.29, 1.82) is 0 Å². The number of amides is 1. The zero-order valence-electron chi connectivity index (χ0n) is 14.8. The fourth-order valence-electron chi connectivity index (χ4n) is 3.55. The molecule has 1 amide bonds. The third-order valence-corrected chi connectivity index (χ3v) is 5.08. The molecule has 1 aromatic carbocycles. The fraction of sp³-hybridized carbons (Fsp3) is 0.474. The van der Waals surface area contributed by atoms with Crippen molar-refractivity contribution in [3.05, 3.63) is 53.6 Å². The second-order valence-electron chi connectivity index (χ2n) is 6.82. The molecule has 1 saturated heterocycles. The summed E-state index contributed by atoms with van der Waals surface area (Å²) in [6, 6.07) is 8.27. The molecule has 2 aromatic rings. The van der Waals surface area contributed by atoms with Gasteiger partial charge in [0.25, 0.3) is 0 Å². The minimum absolute atomic E-state index is 0.0734. The lowest BCUT2D eigenvalue weighted by atomic mass is 9.93. The van der Waals surface area contributed by atoms with Crippen LogP contribution in [0.2, 0.25) is 0 Å². The molecule has 0 aliphatic carbocycles. The van der Waals surface area contributed by atoms with Gasteiger partial charge in [0, 0.05) is 31.4 Å². The smallest absolute Gasteiger partial charge is 0.239 e. The van der Waals surface area contributed by atoms with Crippen LogP contribution in [0.25, 0.3) is 0 Å². The molecule has 0 bridgehead atoms. The molecule has 1 aliphatic rings. The fourth-order valence-corrected chi connectivity index (χ4v) is 3.55. The average molecular weight is 344 g/mol. The molecule has 1 aliphatic heterocycles. The molecule has 1 N–H and O–H groups in total. The van der Waals surface area contributed by atoms with Gasteiger partial charge in [0.05, 0.1) is 6.04 Å². The third-order valence-electron chi connectivity index (χ3n) is 5.08. The Hall–Kier alpha value is -2.21. The van der Waals surface area contributed by atoms with E-state index >= 15 is 0 Å². The number of benzene rings is 1. The number of rotatable bonds is 5. The van der Waals surface area contributed by atoms with E-state index in [2.05, 4.69) is 15.1 Å². The minimum Gasteiger partial charge on any atom is -0.340 e. The first-order chi connectivity index (χ1) is 12.0. The van der Waals surface area contributed by atoms with Crippen LogP contribution in [-0.4, -0.2) is 52.1 Å². The third kappa shape index (κ3) is 4.25. The van der Waals surface area contributed by atoms with Gasteiger partial charge in [-0.1, -0.05) is 12.1 Å². The van der Waals surface area contributed by atoms with Crippen LogP contribution in [-0.2, 0) is 11.3 Å². The number of nitrogens with one attached hydrogen (secondary N) is 1. The van der Waals surface area contributed by atoms with Crippen LogP contribution in [0.5, 0.6) is 0 Å². The van der Waals surface area contributed by atoms with E-state index in [4.69, 9.17) is 0 Å². The molecule has 0 saturated carbocycles. The predicted octanol–water partition coefficient (Wildman–Crippen LogP) is 2.78. The molecule has 1 aromatic heterocycles. The van der Waals surface area contributed by atoms with Crippen molar-refractivity contribution in [3.8, 4) is 0 Å². The van der Waals surface area contributed by atoms with E-state index in [0.29, 0.717) is 12.5 Å². The number of hydrogen-bond acceptors (Lipinski definition) is 3. The van der Waals surface area contributed by atoms with Gasteiger partial charge in [0.15, 0.2) is 0 Å². The van der Waals surface area contributed by atoms with Crippen LogP contribution in [0, 0.1) is 5.82 Å². The molecule has 25 heavy (non-hydrogen) atoms. The van der Waals surface area contributed by atoms with Crippen molar-refractivity contribution >= 4 is 5.91 Å². The Balaban J connectivity index is 1.53. The van der Waals surface area contributed by atoms with Gasteiger partial charge in [-0.15, -0.1) is 0 Å². The monoisotopic (exact) mass is 344 g/mol. The number of carbonyl (C=O) groups is 1. The van der Waals surface area contributed by atoms with Gasteiger partial charge in [0.1, 0.15) is 5.82 Å². The Bertz CT molecular complexity index is 695. The average Bonchev–Trinajstić information content (AvgIpc) is 3.15. The molecule has 0 radical (unpaired) electrons. The lowest BCUT2D eigenvalue weighted by Crippen LogP contribution is -2.48. The van der Waals surface area contributed by atoms with Gasteiger partial charge in [-0.05, 0) is 56.6 Å². The maximum Gasteiger partial charge on any atom is 0.239 e. The number of hydrogen-bond donors (Lipinski definition) is 1. The minimum atomic E-state index is -0.271. The lowest BCUT2D eigenvalue weighted by molar-refractivity contribution is -0.136. The van der Waals surface area contributed by atoms with Gasteiger partial charge < -0.3 is 4.90 Å². The first kappa shape index (κ1) is 17.6. The molecule has 134 valence electrons. The number of carbonyl (C=O) groups excluding carboxylic acids is 1. The number of likely N-dealkylation sites (tertiary alicyclic amines) is 1. The molecule has 3 rings (SSSR count). The van der Waals surface area contributed by atoms with Crippen molar-refractivity contribution in [1.82, 2.24) is 20.0 Å². The molecule has 1 atom stereocenters. The molecule has 5 nitrogen and oxygen atoms in total. The van der Waals surface area contributed by atoms with Crippen LogP contribution in [0.3, 0.4) is 0 Å². The quantitative estimate of drug-likeness (QED) is 0.907. The molecule has 2 heterocycles. The van der Waals surface area contributed by atoms with E-state index in [-0.39, 0.29) is 17.8 Å². The van der Waals surface area contributed by atoms with E-state index in [0.717, 1.165) is 31.5 Å². The highest BCUT2D eigenvalue weighted by atomic mass is 19.1. The second kappa shape index (κ2) is 7.78. The summed E-state index contributed by atoms with van der Waals surface area (Å²) in [4.78, 5) is 16.6. The maximum atomic E-state index is 13.3. The Morgan fingerprint density at radius 2 is 2.16 bits per heavy atom. The van der Waals surface area contributed by atoms with Crippen molar-refractivity contribution < 1.29 is 9.18 Å². The van der Waals surface area contributed by atoms with Crippen molar-refractivity contribution in [3.63, 3.8) is 0 Å². The first-order valence-corrected chi connectivity index (χ1v) is 8.77. The number of H-pyrrole nitrogens is 1. The summed E-state index contributed by atoms with van der Waals surface area (Å²) in [5.74, 6) is 0.294. The highest BCUT2D eigenvalue weighted by molar-refractivity contribution is 5.81. The zero-order valence-corrected chi connectivity index (χ0v) is 14.8. The van der Waals surface area contributed by atoms with E-state index in [9.17, 15) is 9.18 Å². The Morgan fingerprint density at radius 1 is 1.40 bits per heavy atom. The summed E-state index contributed by atoms with van der Waals surface area (Å²) in [5.41, 5.74) is 1.99. The van der Waals surface area contributed by atoms with Gasteiger partial charge in [-0.3, -0.25) is 14.8 Å². The Kier molecular flexibility index (Phi) is 5.48. The van der Waals surface area contributed by atoms with Crippen LogP contribution < -0.4 is 0 Å². The van der Waals surface area contributed by atoms with E-state index in [1.807, 2.05) is 19.1 Å². The highest BCUT2D eigenvalue weighted by Gasteiger charge is 2.29. The molecule has 0 unspecified atom stereocenters. The topological polar surface area (TPSA) is 52.2 Å². The maximum absolute atomic E-state index is 13.3. The SMILES string of the molecule is C[C@@H](C(=O)N(C)Cc1cccc(F)c1)N1CCC(c2ccn[nH]2)CC1. The van der Waals surface area contributed by atoms with Crippen molar-refractivity contribution in [2.24, 2.45) is 0 Å². The van der Waals surface area contributed by atoms with Gasteiger partial charge in [-0.2, -0.15) is 5.10 Å². The highest BCUT2D eigenvalue weighted by Crippen LogP contribution is 2.27. The van der Waals surface area contributed by atoms with Crippen LogP contribution >= 0.6 is 0 Å². The zero-order chi connectivity index (χ0) is 17.8. The first-order valence-electron chi connectivity index (χ1n) is 8.77. The largest absolute Gasteiger partial charge is 0.340 e.